The molecule has 0 saturated carbocycles. The lowest BCUT2D eigenvalue weighted by molar-refractivity contribution is -0.174. The summed E-state index contributed by atoms with van der Waals surface area (Å²) in [7, 11) is 0. The highest BCUT2D eigenvalue weighted by atomic mass is 35.5. The summed E-state index contributed by atoms with van der Waals surface area (Å²) >= 11 is 5.58. The van der Waals surface area contributed by atoms with Crippen LogP contribution in [-0.4, -0.2) is 28.9 Å². The lowest BCUT2D eigenvalue weighted by atomic mass is 10.5. The van der Waals surface area contributed by atoms with Gasteiger partial charge in [0.2, 0.25) is 0 Å². The zero-order valence-corrected chi connectivity index (χ0v) is 8.55. The molecule has 0 aliphatic heterocycles. The van der Waals surface area contributed by atoms with Gasteiger partial charge in [-0.25, -0.2) is 4.98 Å². The summed E-state index contributed by atoms with van der Waals surface area (Å²) in [6.45, 7) is -0.921. The molecule has 86 valence electrons. The maximum atomic E-state index is 11.7. The molecule has 0 fully saturated rings. The Labute approximate surface area is 89.8 Å². The molecule has 0 spiro atoms. The number of hydrogen-bond acceptors (Lipinski definition) is 2. The van der Waals surface area contributed by atoms with Crippen molar-refractivity contribution in [2.24, 2.45) is 0 Å². The fourth-order valence-corrected chi connectivity index (χ4v) is 1.23. The number of alkyl halides is 4. The number of aromatic nitrogens is 2. The zero-order chi connectivity index (χ0) is 11.3. The molecule has 0 aliphatic carbocycles. The van der Waals surface area contributed by atoms with Gasteiger partial charge >= 0.3 is 6.18 Å². The number of nitrogens with zero attached hydrogens (tertiary/aromatic N) is 2. The third-order valence-electron chi connectivity index (χ3n) is 1.68. The first kappa shape index (κ1) is 12.3. The molecule has 1 aromatic heterocycles. The molecule has 0 atom stereocenters. The normalized spacial score (nSPS) is 12.0. The standard InChI is InChI=1S/C8H10ClF3N2O/c9-3-7-4-13-6-14(7)1-2-15-5-8(10,11)12/h4,6H,1-3,5H2. The molecule has 0 bridgehead atoms. The van der Waals surface area contributed by atoms with Crippen molar-refractivity contribution in [3.05, 3.63) is 18.2 Å². The van der Waals surface area contributed by atoms with E-state index in [1.54, 1.807) is 10.8 Å². The third-order valence-corrected chi connectivity index (χ3v) is 1.95. The monoisotopic (exact) mass is 242 g/mol. The van der Waals surface area contributed by atoms with E-state index in [2.05, 4.69) is 9.72 Å². The molecule has 1 heterocycles. The van der Waals surface area contributed by atoms with E-state index in [-0.39, 0.29) is 12.5 Å². The highest BCUT2D eigenvalue weighted by molar-refractivity contribution is 6.16. The highest BCUT2D eigenvalue weighted by Crippen LogP contribution is 2.14. The van der Waals surface area contributed by atoms with Gasteiger partial charge < -0.3 is 9.30 Å². The molecule has 0 N–H and O–H groups in total. The Bertz CT molecular complexity index is 300. The molecular formula is C8H10ClF3N2O. The van der Waals surface area contributed by atoms with Gasteiger partial charge in [0.15, 0.2) is 0 Å². The SMILES string of the molecule is FC(F)(F)COCCn1cncc1CCl. The second-order valence-electron chi connectivity index (χ2n) is 2.88. The maximum Gasteiger partial charge on any atom is 0.411 e. The van der Waals surface area contributed by atoms with Crippen LogP contribution in [0, 0.1) is 0 Å². The molecule has 0 aromatic carbocycles. The van der Waals surface area contributed by atoms with Gasteiger partial charge in [0.05, 0.1) is 24.5 Å². The van der Waals surface area contributed by atoms with Crippen molar-refractivity contribution in [3.63, 3.8) is 0 Å². The van der Waals surface area contributed by atoms with Gasteiger partial charge in [0.1, 0.15) is 6.61 Å². The summed E-state index contributed by atoms with van der Waals surface area (Å²) in [5, 5.41) is 0. The van der Waals surface area contributed by atoms with Crippen LogP contribution in [0.15, 0.2) is 12.5 Å². The fraction of sp³-hybridized carbons (Fsp3) is 0.625. The number of imidazole rings is 1. The second kappa shape index (κ2) is 5.37. The topological polar surface area (TPSA) is 27.1 Å². The first-order chi connectivity index (χ1) is 7.03. The maximum absolute atomic E-state index is 11.7. The van der Waals surface area contributed by atoms with Gasteiger partial charge in [-0.05, 0) is 0 Å². The summed E-state index contributed by atoms with van der Waals surface area (Å²) in [5.74, 6) is 0.277. The minimum absolute atomic E-state index is 0.0141. The van der Waals surface area contributed by atoms with E-state index in [0.717, 1.165) is 5.69 Å². The van der Waals surface area contributed by atoms with Crippen molar-refractivity contribution in [1.29, 1.82) is 0 Å². The molecule has 15 heavy (non-hydrogen) atoms. The van der Waals surface area contributed by atoms with Crippen LogP contribution < -0.4 is 0 Å². The Morgan fingerprint density at radius 1 is 1.47 bits per heavy atom. The van der Waals surface area contributed by atoms with Crippen molar-refractivity contribution >= 4 is 11.6 Å². The highest BCUT2D eigenvalue weighted by Gasteiger charge is 2.27. The van der Waals surface area contributed by atoms with E-state index in [0.29, 0.717) is 6.54 Å². The molecule has 3 nitrogen and oxygen atoms in total. The molecule has 0 saturated heterocycles. The van der Waals surface area contributed by atoms with E-state index in [4.69, 9.17) is 11.6 Å². The lowest BCUT2D eigenvalue weighted by Crippen LogP contribution is -2.19. The van der Waals surface area contributed by atoms with Crippen LogP contribution in [0.4, 0.5) is 13.2 Å². The summed E-state index contributed by atoms with van der Waals surface area (Å²) in [4.78, 5) is 3.82. The molecule has 0 aliphatic rings. The summed E-state index contributed by atoms with van der Waals surface area (Å²) in [5.41, 5.74) is 0.757. The minimum Gasteiger partial charge on any atom is -0.370 e. The van der Waals surface area contributed by atoms with Crippen LogP contribution in [0.25, 0.3) is 0 Å². The predicted octanol–water partition coefficient (Wildman–Crippen LogP) is 2.20. The predicted molar refractivity (Wildman–Crippen MR) is 48.7 cm³/mol. The first-order valence-electron chi connectivity index (χ1n) is 4.22. The van der Waals surface area contributed by atoms with Crippen LogP contribution in [0.1, 0.15) is 5.69 Å². The van der Waals surface area contributed by atoms with Gasteiger partial charge in [-0.3, -0.25) is 0 Å². The Morgan fingerprint density at radius 3 is 2.80 bits per heavy atom. The third kappa shape index (κ3) is 4.53. The van der Waals surface area contributed by atoms with Gasteiger partial charge in [-0.1, -0.05) is 0 Å². The first-order valence-corrected chi connectivity index (χ1v) is 4.76. The molecular weight excluding hydrogens is 233 g/mol. The van der Waals surface area contributed by atoms with E-state index in [9.17, 15) is 13.2 Å². The molecule has 1 rings (SSSR count). The Morgan fingerprint density at radius 2 is 2.20 bits per heavy atom. The summed E-state index contributed by atoms with van der Waals surface area (Å²) in [6.07, 6.45) is -1.20. The van der Waals surface area contributed by atoms with Crippen LogP contribution in [-0.2, 0) is 17.2 Å². The average molecular weight is 243 g/mol. The largest absolute Gasteiger partial charge is 0.411 e. The van der Waals surface area contributed by atoms with Crippen molar-refractivity contribution in [2.75, 3.05) is 13.2 Å². The Kier molecular flexibility index (Phi) is 4.41. The molecule has 7 heteroatoms. The van der Waals surface area contributed by atoms with Gasteiger partial charge in [0.25, 0.3) is 0 Å². The zero-order valence-electron chi connectivity index (χ0n) is 7.80. The van der Waals surface area contributed by atoms with Crippen molar-refractivity contribution in [2.45, 2.75) is 18.6 Å². The summed E-state index contributed by atoms with van der Waals surface area (Å²) in [6, 6.07) is 0. The quantitative estimate of drug-likeness (QED) is 0.585. The van der Waals surface area contributed by atoms with Crippen LogP contribution in [0.2, 0.25) is 0 Å². The van der Waals surface area contributed by atoms with Gasteiger partial charge in [-0.2, -0.15) is 13.2 Å². The fourth-order valence-electron chi connectivity index (χ4n) is 1.01. The molecule has 1 aromatic rings. The Balaban J connectivity index is 2.26. The second-order valence-corrected chi connectivity index (χ2v) is 3.15. The average Bonchev–Trinajstić information content (AvgIpc) is 2.58. The van der Waals surface area contributed by atoms with E-state index in [1.165, 1.54) is 6.33 Å². The number of rotatable bonds is 5. The van der Waals surface area contributed by atoms with Crippen molar-refractivity contribution < 1.29 is 17.9 Å². The summed E-state index contributed by atoms with van der Waals surface area (Å²) < 4.78 is 41.2. The van der Waals surface area contributed by atoms with E-state index < -0.39 is 12.8 Å². The molecule has 0 unspecified atom stereocenters. The molecule has 0 amide bonds. The van der Waals surface area contributed by atoms with Gasteiger partial charge in [0, 0.05) is 12.7 Å². The lowest BCUT2D eigenvalue weighted by Gasteiger charge is -2.09. The number of hydrogen-bond donors (Lipinski definition) is 0. The molecule has 0 radical (unpaired) electrons. The van der Waals surface area contributed by atoms with E-state index in [1.807, 2.05) is 0 Å². The number of ether oxygens (including phenoxy) is 1. The number of halogens is 4. The van der Waals surface area contributed by atoms with Crippen LogP contribution in [0.5, 0.6) is 0 Å². The minimum atomic E-state index is -4.27. The Hall–Kier alpha value is -0.750. The van der Waals surface area contributed by atoms with Crippen LogP contribution >= 0.6 is 11.6 Å². The smallest absolute Gasteiger partial charge is 0.370 e. The van der Waals surface area contributed by atoms with E-state index >= 15 is 0 Å². The van der Waals surface area contributed by atoms with Crippen LogP contribution in [0.3, 0.4) is 0 Å². The van der Waals surface area contributed by atoms with Crippen molar-refractivity contribution in [1.82, 2.24) is 9.55 Å². The van der Waals surface area contributed by atoms with Gasteiger partial charge in [-0.15, -0.1) is 11.6 Å². The van der Waals surface area contributed by atoms with Crippen molar-refractivity contribution in [3.8, 4) is 0 Å².